The van der Waals surface area contributed by atoms with Crippen LogP contribution in [0.4, 0.5) is 5.82 Å². The first-order valence-electron chi connectivity index (χ1n) is 10.8. The zero-order valence-corrected chi connectivity index (χ0v) is 17.8. The number of aryl methyl sites for hydroxylation is 1. The van der Waals surface area contributed by atoms with Crippen LogP contribution in [-0.2, 0) is 4.79 Å². The molecule has 6 nitrogen and oxygen atoms in total. The molecule has 3 aromatic rings. The van der Waals surface area contributed by atoms with E-state index in [1.165, 1.54) is 5.56 Å². The van der Waals surface area contributed by atoms with Gasteiger partial charge in [0.1, 0.15) is 12.4 Å². The van der Waals surface area contributed by atoms with Crippen molar-refractivity contribution >= 4 is 11.7 Å². The van der Waals surface area contributed by atoms with Gasteiger partial charge in [0.05, 0.1) is 12.2 Å². The van der Waals surface area contributed by atoms with Gasteiger partial charge in [0.15, 0.2) is 5.82 Å². The number of amides is 1. The van der Waals surface area contributed by atoms with Crippen molar-refractivity contribution in [3.05, 3.63) is 72.3 Å². The summed E-state index contributed by atoms with van der Waals surface area (Å²) in [6, 6.07) is 22.0. The average Bonchev–Trinajstić information content (AvgIpc) is 2.83. The third-order valence-corrected chi connectivity index (χ3v) is 5.60. The Morgan fingerprint density at radius 2 is 1.74 bits per heavy atom. The molecule has 2 aromatic carbocycles. The molecular weight excluding hydrogens is 388 g/mol. The van der Waals surface area contributed by atoms with Crippen molar-refractivity contribution in [3.63, 3.8) is 0 Å². The highest BCUT2D eigenvalue weighted by atomic mass is 16.5. The molecule has 1 N–H and O–H groups in total. The van der Waals surface area contributed by atoms with Crippen molar-refractivity contribution < 1.29 is 9.53 Å². The van der Waals surface area contributed by atoms with Crippen LogP contribution in [0.15, 0.2) is 66.7 Å². The summed E-state index contributed by atoms with van der Waals surface area (Å²) in [7, 11) is 0. The molecule has 1 amide bonds. The predicted octanol–water partition coefficient (Wildman–Crippen LogP) is 3.86. The number of nitrogens with one attached hydrogen (secondary N) is 1. The van der Waals surface area contributed by atoms with E-state index in [0.717, 1.165) is 48.8 Å². The molecule has 1 aromatic heterocycles. The van der Waals surface area contributed by atoms with Gasteiger partial charge in [-0.15, -0.1) is 10.2 Å². The minimum Gasteiger partial charge on any atom is -0.492 e. The maximum absolute atomic E-state index is 12.5. The number of hydrogen-bond donors (Lipinski definition) is 1. The Hall–Kier alpha value is -3.41. The first-order valence-corrected chi connectivity index (χ1v) is 10.8. The molecule has 1 fully saturated rings. The van der Waals surface area contributed by atoms with Crippen LogP contribution in [0.2, 0.25) is 0 Å². The molecule has 0 radical (unpaired) electrons. The van der Waals surface area contributed by atoms with E-state index in [0.29, 0.717) is 13.2 Å². The van der Waals surface area contributed by atoms with Crippen LogP contribution in [0.1, 0.15) is 18.4 Å². The van der Waals surface area contributed by atoms with Gasteiger partial charge >= 0.3 is 0 Å². The SMILES string of the molecule is Cc1ccc(OCCNC(=O)C2CCN(c3ccc(-c4ccccc4)nn3)CC2)cc1. The van der Waals surface area contributed by atoms with E-state index in [1.54, 1.807) is 0 Å². The number of ether oxygens (including phenoxy) is 1. The maximum Gasteiger partial charge on any atom is 0.223 e. The third kappa shape index (κ3) is 5.60. The van der Waals surface area contributed by atoms with Crippen molar-refractivity contribution in [2.75, 3.05) is 31.1 Å². The fraction of sp³-hybridized carbons (Fsp3) is 0.320. The zero-order valence-electron chi connectivity index (χ0n) is 17.8. The van der Waals surface area contributed by atoms with E-state index >= 15 is 0 Å². The molecule has 0 spiro atoms. The monoisotopic (exact) mass is 416 g/mol. The molecule has 1 saturated heterocycles. The number of carbonyl (C=O) groups excluding carboxylic acids is 1. The van der Waals surface area contributed by atoms with Crippen LogP contribution < -0.4 is 15.0 Å². The Labute approximate surface area is 183 Å². The topological polar surface area (TPSA) is 67.3 Å². The molecule has 0 unspecified atom stereocenters. The fourth-order valence-electron chi connectivity index (χ4n) is 3.75. The fourth-order valence-corrected chi connectivity index (χ4v) is 3.75. The number of hydrogen-bond acceptors (Lipinski definition) is 5. The molecular formula is C25H28N4O2. The number of benzene rings is 2. The van der Waals surface area contributed by atoms with Crippen molar-refractivity contribution in [2.45, 2.75) is 19.8 Å². The van der Waals surface area contributed by atoms with Gasteiger partial charge in [-0.1, -0.05) is 48.0 Å². The molecule has 31 heavy (non-hydrogen) atoms. The lowest BCUT2D eigenvalue weighted by atomic mass is 9.96. The number of piperidine rings is 1. The quantitative estimate of drug-likeness (QED) is 0.593. The van der Waals surface area contributed by atoms with Crippen molar-refractivity contribution in [1.29, 1.82) is 0 Å². The molecule has 6 heteroatoms. The van der Waals surface area contributed by atoms with E-state index in [9.17, 15) is 4.79 Å². The van der Waals surface area contributed by atoms with Crippen molar-refractivity contribution in [3.8, 4) is 17.0 Å². The molecule has 1 aliphatic heterocycles. The van der Waals surface area contributed by atoms with Gasteiger partial charge in [0, 0.05) is 24.6 Å². The number of anilines is 1. The number of aromatic nitrogens is 2. The highest BCUT2D eigenvalue weighted by molar-refractivity contribution is 5.79. The van der Waals surface area contributed by atoms with Gasteiger partial charge < -0.3 is 15.0 Å². The number of rotatable bonds is 7. The summed E-state index contributed by atoms with van der Waals surface area (Å²) in [5.41, 5.74) is 3.12. The van der Waals surface area contributed by atoms with Crippen molar-refractivity contribution in [2.24, 2.45) is 5.92 Å². The van der Waals surface area contributed by atoms with Gasteiger partial charge in [0.2, 0.25) is 5.91 Å². The Balaban J connectivity index is 1.20. The summed E-state index contributed by atoms with van der Waals surface area (Å²) in [5, 5.41) is 11.8. The molecule has 2 heterocycles. The Kier molecular flexibility index (Phi) is 6.77. The van der Waals surface area contributed by atoms with Crippen LogP contribution in [0.25, 0.3) is 11.3 Å². The van der Waals surface area contributed by atoms with Gasteiger partial charge in [-0.05, 0) is 44.0 Å². The smallest absolute Gasteiger partial charge is 0.223 e. The second-order valence-electron chi connectivity index (χ2n) is 7.86. The Bertz CT molecular complexity index is 967. The van der Waals surface area contributed by atoms with Crippen LogP contribution in [-0.4, -0.2) is 42.3 Å². The van der Waals surface area contributed by atoms with E-state index in [4.69, 9.17) is 4.74 Å². The Morgan fingerprint density at radius 3 is 2.42 bits per heavy atom. The average molecular weight is 417 g/mol. The van der Waals surface area contributed by atoms with E-state index in [2.05, 4.69) is 20.4 Å². The number of carbonyl (C=O) groups is 1. The minimum absolute atomic E-state index is 0.0344. The number of nitrogens with zero attached hydrogens (tertiary/aromatic N) is 3. The second-order valence-corrected chi connectivity index (χ2v) is 7.86. The molecule has 1 aliphatic rings. The normalized spacial score (nSPS) is 14.3. The molecule has 0 aliphatic carbocycles. The molecule has 160 valence electrons. The first kappa shape index (κ1) is 20.8. The van der Waals surface area contributed by atoms with Crippen LogP contribution >= 0.6 is 0 Å². The summed E-state index contributed by atoms with van der Waals surface area (Å²) in [4.78, 5) is 14.7. The molecule has 0 atom stereocenters. The largest absolute Gasteiger partial charge is 0.492 e. The minimum atomic E-state index is 0.0344. The lowest BCUT2D eigenvalue weighted by molar-refractivity contribution is -0.125. The second kappa shape index (κ2) is 10.1. The highest BCUT2D eigenvalue weighted by Crippen LogP contribution is 2.23. The van der Waals surface area contributed by atoms with E-state index < -0.39 is 0 Å². The summed E-state index contributed by atoms with van der Waals surface area (Å²) in [5.74, 6) is 1.84. The molecule has 0 bridgehead atoms. The van der Waals surface area contributed by atoms with Gasteiger partial charge in [0.25, 0.3) is 0 Å². The summed E-state index contributed by atoms with van der Waals surface area (Å²) >= 11 is 0. The lowest BCUT2D eigenvalue weighted by Gasteiger charge is -2.31. The highest BCUT2D eigenvalue weighted by Gasteiger charge is 2.25. The van der Waals surface area contributed by atoms with Crippen molar-refractivity contribution in [1.82, 2.24) is 15.5 Å². The standard InChI is InChI=1S/C25H28N4O2/c1-19-7-9-22(10-8-19)31-18-15-26-25(30)21-13-16-29(17-14-21)24-12-11-23(27-28-24)20-5-3-2-4-6-20/h2-12,21H,13-18H2,1H3,(H,26,30). The van der Waals surface area contributed by atoms with Crippen LogP contribution in [0, 0.1) is 12.8 Å². The van der Waals surface area contributed by atoms with Gasteiger partial charge in [-0.3, -0.25) is 4.79 Å². The predicted molar refractivity (Wildman–Crippen MR) is 122 cm³/mol. The summed E-state index contributed by atoms with van der Waals surface area (Å²) in [6.07, 6.45) is 1.62. The zero-order chi connectivity index (χ0) is 21.5. The molecule has 0 saturated carbocycles. The summed E-state index contributed by atoms with van der Waals surface area (Å²) in [6.45, 7) is 4.63. The van der Waals surface area contributed by atoms with E-state index in [1.807, 2.05) is 73.7 Å². The van der Waals surface area contributed by atoms with Crippen LogP contribution in [0.3, 0.4) is 0 Å². The van der Waals surface area contributed by atoms with Gasteiger partial charge in [-0.25, -0.2) is 0 Å². The van der Waals surface area contributed by atoms with Gasteiger partial charge in [-0.2, -0.15) is 0 Å². The first-order chi connectivity index (χ1) is 15.2. The lowest BCUT2D eigenvalue weighted by Crippen LogP contribution is -2.41. The van der Waals surface area contributed by atoms with E-state index in [-0.39, 0.29) is 11.8 Å². The Morgan fingerprint density at radius 1 is 1.00 bits per heavy atom. The summed E-state index contributed by atoms with van der Waals surface area (Å²) < 4.78 is 5.68. The third-order valence-electron chi connectivity index (χ3n) is 5.60. The maximum atomic E-state index is 12.5. The van der Waals surface area contributed by atoms with Crippen LogP contribution in [0.5, 0.6) is 5.75 Å². The molecule has 4 rings (SSSR count).